The van der Waals surface area contributed by atoms with Crippen LogP contribution in [0.15, 0.2) is 54.6 Å². The molecule has 2 heterocycles. The Morgan fingerprint density at radius 3 is 2.71 bits per heavy atom. The third-order valence-corrected chi connectivity index (χ3v) is 5.73. The molecule has 0 bridgehead atoms. The second kappa shape index (κ2) is 8.63. The molecular weight excluding hydrogens is 348 g/mol. The minimum Gasteiger partial charge on any atom is -0.508 e. The summed E-state index contributed by atoms with van der Waals surface area (Å²) in [6.45, 7) is 0.936. The average molecular weight is 376 g/mol. The number of unbranched alkanes of at least 4 members (excludes halogenated alkanes) is 1. The predicted octanol–water partition coefficient (Wildman–Crippen LogP) is 4.52. The number of aromatic amines is 1. The number of hydrogen-bond acceptors (Lipinski definition) is 3. The number of phenolic OH excluding ortho intramolecular Hbond substituents is 1. The Labute approximate surface area is 165 Å². The number of fused-ring (bicyclic) bond motifs is 1. The summed E-state index contributed by atoms with van der Waals surface area (Å²) < 4.78 is 0. The highest BCUT2D eigenvalue weighted by molar-refractivity contribution is 5.86. The fourth-order valence-electron chi connectivity index (χ4n) is 4.27. The van der Waals surface area contributed by atoms with Crippen LogP contribution < -0.4 is 5.32 Å². The molecule has 0 radical (unpaired) electrons. The summed E-state index contributed by atoms with van der Waals surface area (Å²) >= 11 is 0. The first-order chi connectivity index (χ1) is 13.7. The normalized spacial score (nSPS) is 17.0. The third-order valence-electron chi connectivity index (χ3n) is 5.73. The van der Waals surface area contributed by atoms with Gasteiger partial charge in [-0.2, -0.15) is 0 Å². The van der Waals surface area contributed by atoms with Crippen LogP contribution in [0.3, 0.4) is 0 Å². The van der Waals surface area contributed by atoms with Gasteiger partial charge in [-0.15, -0.1) is 0 Å². The summed E-state index contributed by atoms with van der Waals surface area (Å²) in [5.41, 5.74) is 5.75. The van der Waals surface area contributed by atoms with Crippen LogP contribution in [-0.4, -0.2) is 27.8 Å². The first kappa shape index (κ1) is 18.8. The number of hydrogen-bond donors (Lipinski definition) is 4. The van der Waals surface area contributed by atoms with E-state index in [4.69, 9.17) is 0 Å². The molecular formula is C24H28N2O2. The van der Waals surface area contributed by atoms with Gasteiger partial charge in [0, 0.05) is 29.2 Å². The van der Waals surface area contributed by atoms with Crippen LogP contribution in [0.25, 0.3) is 16.5 Å². The van der Waals surface area contributed by atoms with Crippen molar-refractivity contribution in [3.05, 3.63) is 71.4 Å². The zero-order valence-corrected chi connectivity index (χ0v) is 16.1. The predicted molar refractivity (Wildman–Crippen MR) is 114 cm³/mol. The van der Waals surface area contributed by atoms with E-state index in [2.05, 4.69) is 46.7 Å². The highest BCUT2D eigenvalue weighted by Gasteiger charge is 2.16. The molecule has 1 unspecified atom stereocenters. The van der Waals surface area contributed by atoms with Gasteiger partial charge >= 0.3 is 0 Å². The largest absolute Gasteiger partial charge is 0.508 e. The molecule has 4 rings (SSSR count). The number of aromatic nitrogens is 1. The summed E-state index contributed by atoms with van der Waals surface area (Å²) in [4.78, 5) is 3.27. The quantitative estimate of drug-likeness (QED) is 0.458. The number of benzene rings is 2. The van der Waals surface area contributed by atoms with Gasteiger partial charge in [0.25, 0.3) is 0 Å². The minimum atomic E-state index is 0.000185. The van der Waals surface area contributed by atoms with Crippen molar-refractivity contribution in [2.24, 2.45) is 0 Å². The van der Waals surface area contributed by atoms with Gasteiger partial charge in [-0.05, 0) is 60.6 Å². The van der Waals surface area contributed by atoms with Crippen molar-refractivity contribution in [3.63, 3.8) is 0 Å². The van der Waals surface area contributed by atoms with Gasteiger partial charge in [-0.25, -0.2) is 0 Å². The lowest BCUT2D eigenvalue weighted by atomic mass is 9.92. The molecule has 28 heavy (non-hydrogen) atoms. The Kier molecular flexibility index (Phi) is 5.79. The van der Waals surface area contributed by atoms with E-state index in [1.165, 1.54) is 11.1 Å². The van der Waals surface area contributed by atoms with Crippen LogP contribution >= 0.6 is 0 Å². The summed E-state index contributed by atoms with van der Waals surface area (Å²) in [5, 5.41) is 24.1. The Bertz CT molecular complexity index is 959. The second-order valence-corrected chi connectivity index (χ2v) is 7.62. The van der Waals surface area contributed by atoms with E-state index >= 15 is 0 Å². The van der Waals surface area contributed by atoms with Crippen molar-refractivity contribution in [2.45, 2.75) is 44.8 Å². The van der Waals surface area contributed by atoms with E-state index < -0.39 is 0 Å². The number of aromatic hydroxyl groups is 1. The Hall–Kier alpha value is -2.56. The highest BCUT2D eigenvalue weighted by atomic mass is 16.3. The number of nitrogens with one attached hydrogen (secondary N) is 2. The minimum absolute atomic E-state index is 0.000185. The smallest absolute Gasteiger partial charge is 0.116 e. The van der Waals surface area contributed by atoms with E-state index in [-0.39, 0.29) is 12.4 Å². The van der Waals surface area contributed by atoms with Gasteiger partial charge in [0.2, 0.25) is 0 Å². The molecule has 146 valence electrons. The SMILES string of the molecule is OCc1[nH]c2ccc(O)cc2c1CCCCC1CC(c2ccccc2)=CCN1. The van der Waals surface area contributed by atoms with Crippen molar-refractivity contribution in [3.8, 4) is 5.75 Å². The standard InChI is InChI=1S/C24H28N2O2/c27-16-24-21(22-15-20(28)10-11-23(22)26-24)9-5-4-8-19-14-18(12-13-25-19)17-6-2-1-3-7-17/h1-3,6-7,10-12,15,19,25-28H,4-5,8-9,13-14,16H2. The molecule has 4 heteroatoms. The van der Waals surface area contributed by atoms with Crippen LogP contribution in [0, 0.1) is 0 Å². The van der Waals surface area contributed by atoms with Crippen LogP contribution in [-0.2, 0) is 13.0 Å². The van der Waals surface area contributed by atoms with Gasteiger partial charge in [0.05, 0.1) is 6.61 Å². The fraction of sp³-hybridized carbons (Fsp3) is 0.333. The lowest BCUT2D eigenvalue weighted by Gasteiger charge is -2.24. The van der Waals surface area contributed by atoms with Crippen molar-refractivity contribution in [1.29, 1.82) is 0 Å². The molecule has 3 aromatic rings. The zero-order chi connectivity index (χ0) is 19.3. The van der Waals surface area contributed by atoms with Crippen LogP contribution in [0.2, 0.25) is 0 Å². The summed E-state index contributed by atoms with van der Waals surface area (Å²) in [6, 6.07) is 16.5. The van der Waals surface area contributed by atoms with Crippen LogP contribution in [0.4, 0.5) is 0 Å². The molecule has 2 aromatic carbocycles. The molecule has 0 aliphatic carbocycles. The molecule has 4 nitrogen and oxygen atoms in total. The molecule has 4 N–H and O–H groups in total. The number of aliphatic hydroxyl groups excluding tert-OH is 1. The maximum absolute atomic E-state index is 9.81. The molecule has 0 fully saturated rings. The summed E-state index contributed by atoms with van der Waals surface area (Å²) in [5.74, 6) is 0.267. The number of aryl methyl sites for hydroxylation is 1. The lowest BCUT2D eigenvalue weighted by molar-refractivity contribution is 0.276. The molecule has 1 aliphatic rings. The topological polar surface area (TPSA) is 68.3 Å². The lowest BCUT2D eigenvalue weighted by Crippen LogP contribution is -2.32. The highest BCUT2D eigenvalue weighted by Crippen LogP contribution is 2.29. The third kappa shape index (κ3) is 4.13. The van der Waals surface area contributed by atoms with Crippen molar-refractivity contribution < 1.29 is 10.2 Å². The first-order valence-electron chi connectivity index (χ1n) is 10.2. The van der Waals surface area contributed by atoms with E-state index in [1.807, 2.05) is 6.07 Å². The second-order valence-electron chi connectivity index (χ2n) is 7.62. The maximum atomic E-state index is 9.81. The van der Waals surface area contributed by atoms with E-state index in [0.717, 1.165) is 60.8 Å². The van der Waals surface area contributed by atoms with Gasteiger partial charge in [-0.3, -0.25) is 0 Å². The van der Waals surface area contributed by atoms with E-state index in [1.54, 1.807) is 12.1 Å². The molecule has 0 saturated carbocycles. The molecule has 1 aromatic heterocycles. The van der Waals surface area contributed by atoms with E-state index in [9.17, 15) is 10.2 Å². The van der Waals surface area contributed by atoms with Crippen molar-refractivity contribution in [2.75, 3.05) is 6.54 Å². The van der Waals surface area contributed by atoms with E-state index in [0.29, 0.717) is 6.04 Å². The van der Waals surface area contributed by atoms with Gasteiger partial charge in [-0.1, -0.05) is 42.8 Å². The summed E-state index contributed by atoms with van der Waals surface area (Å²) in [6.07, 6.45) is 7.64. The van der Waals surface area contributed by atoms with Gasteiger partial charge in [0.1, 0.15) is 5.75 Å². The monoisotopic (exact) mass is 376 g/mol. The number of phenols is 1. The number of aliphatic hydroxyl groups is 1. The number of rotatable bonds is 7. The van der Waals surface area contributed by atoms with Crippen molar-refractivity contribution in [1.82, 2.24) is 10.3 Å². The van der Waals surface area contributed by atoms with Crippen LogP contribution in [0.5, 0.6) is 5.75 Å². The molecule has 0 amide bonds. The maximum Gasteiger partial charge on any atom is 0.116 e. The summed E-state index contributed by atoms with van der Waals surface area (Å²) in [7, 11) is 0. The van der Waals surface area contributed by atoms with Gasteiger partial charge in [0.15, 0.2) is 0 Å². The molecule has 1 atom stereocenters. The average Bonchev–Trinajstić information content (AvgIpc) is 3.09. The fourth-order valence-corrected chi connectivity index (χ4v) is 4.27. The van der Waals surface area contributed by atoms with Crippen molar-refractivity contribution >= 4 is 16.5 Å². The Morgan fingerprint density at radius 1 is 1.04 bits per heavy atom. The van der Waals surface area contributed by atoms with Gasteiger partial charge < -0.3 is 20.5 Å². The Morgan fingerprint density at radius 2 is 1.89 bits per heavy atom. The van der Waals surface area contributed by atoms with Crippen LogP contribution in [0.1, 0.15) is 42.5 Å². The zero-order valence-electron chi connectivity index (χ0n) is 16.1. The molecule has 0 saturated heterocycles. The number of H-pyrrole nitrogens is 1. The molecule has 0 spiro atoms. The molecule has 1 aliphatic heterocycles. The Balaban J connectivity index is 1.33. The first-order valence-corrected chi connectivity index (χ1v) is 10.2.